The lowest BCUT2D eigenvalue weighted by atomic mass is 10.0. The number of aromatic carboxylic acids is 1. The predicted molar refractivity (Wildman–Crippen MR) is 89.6 cm³/mol. The average Bonchev–Trinajstić information content (AvgIpc) is 3.03. The minimum Gasteiger partial charge on any atom is -0.478 e. The molecule has 1 aliphatic heterocycles. The predicted octanol–water partition coefficient (Wildman–Crippen LogP) is 3.16. The second kappa shape index (κ2) is 6.79. The van der Waals surface area contributed by atoms with E-state index in [0.29, 0.717) is 18.2 Å². The van der Waals surface area contributed by atoms with Gasteiger partial charge in [-0.1, -0.05) is 18.2 Å². The van der Waals surface area contributed by atoms with Crippen LogP contribution in [0, 0.1) is 0 Å². The molecule has 0 bridgehead atoms. The normalized spacial score (nSPS) is 18.0. The molecule has 1 saturated heterocycles. The number of benzene rings is 1. The number of likely N-dealkylation sites (tertiary alicyclic amines) is 1. The van der Waals surface area contributed by atoms with Gasteiger partial charge in [0.25, 0.3) is 0 Å². The number of anilines is 1. The van der Waals surface area contributed by atoms with Gasteiger partial charge in [-0.2, -0.15) is 0 Å². The second-order valence-corrected chi connectivity index (χ2v) is 5.82. The van der Waals surface area contributed by atoms with Crippen molar-refractivity contribution in [2.24, 2.45) is 0 Å². The highest BCUT2D eigenvalue weighted by Crippen LogP contribution is 2.34. The van der Waals surface area contributed by atoms with E-state index >= 15 is 0 Å². The molecule has 1 fully saturated rings. The molecular formula is C18H21N3O2. The van der Waals surface area contributed by atoms with Gasteiger partial charge in [0.05, 0.1) is 5.56 Å². The number of carbonyl (C=O) groups is 1. The summed E-state index contributed by atoms with van der Waals surface area (Å²) >= 11 is 0. The van der Waals surface area contributed by atoms with E-state index < -0.39 is 5.97 Å². The van der Waals surface area contributed by atoms with Gasteiger partial charge < -0.3 is 10.4 Å². The first-order valence-electron chi connectivity index (χ1n) is 7.88. The zero-order chi connectivity index (χ0) is 16.2. The van der Waals surface area contributed by atoms with Gasteiger partial charge in [0.1, 0.15) is 5.82 Å². The van der Waals surface area contributed by atoms with E-state index in [0.717, 1.165) is 30.8 Å². The average molecular weight is 311 g/mol. The molecule has 5 heteroatoms. The Kier molecular flexibility index (Phi) is 4.57. The fourth-order valence-electron chi connectivity index (χ4n) is 3.27. The maximum atomic E-state index is 11.4. The van der Waals surface area contributed by atoms with E-state index in [4.69, 9.17) is 0 Å². The molecule has 0 saturated carbocycles. The summed E-state index contributed by atoms with van der Waals surface area (Å²) in [5, 5.41) is 12.4. The third-order valence-electron chi connectivity index (χ3n) is 4.41. The van der Waals surface area contributed by atoms with Gasteiger partial charge in [0.2, 0.25) is 0 Å². The summed E-state index contributed by atoms with van der Waals surface area (Å²) in [6.45, 7) is 1.64. The number of nitrogens with zero attached hydrogens (tertiary/aromatic N) is 2. The lowest BCUT2D eigenvalue weighted by Gasteiger charge is -2.25. The van der Waals surface area contributed by atoms with E-state index in [9.17, 15) is 9.90 Å². The van der Waals surface area contributed by atoms with Crippen molar-refractivity contribution in [2.75, 3.05) is 18.9 Å². The molecule has 0 amide bonds. The van der Waals surface area contributed by atoms with Crippen LogP contribution in [0.3, 0.4) is 0 Å². The summed E-state index contributed by atoms with van der Waals surface area (Å²) in [5.74, 6) is -0.00184. The molecule has 2 N–H and O–H groups in total. The molecule has 5 nitrogen and oxygen atoms in total. The molecule has 1 aromatic heterocycles. The smallest absolute Gasteiger partial charge is 0.336 e. The third-order valence-corrected chi connectivity index (χ3v) is 4.41. The lowest BCUT2D eigenvalue weighted by Crippen LogP contribution is -2.24. The minimum absolute atomic E-state index is 0.312. The monoisotopic (exact) mass is 311 g/mol. The zero-order valence-corrected chi connectivity index (χ0v) is 13.2. The van der Waals surface area contributed by atoms with Gasteiger partial charge in [-0.25, -0.2) is 9.78 Å². The van der Waals surface area contributed by atoms with Crippen LogP contribution in [-0.4, -0.2) is 34.6 Å². The highest BCUT2D eigenvalue weighted by Gasteiger charge is 2.27. The Bertz CT molecular complexity index is 702. The molecule has 2 aromatic rings. The molecule has 1 aliphatic rings. The highest BCUT2D eigenvalue weighted by molar-refractivity contribution is 5.89. The van der Waals surface area contributed by atoms with Crippen LogP contribution >= 0.6 is 0 Å². The van der Waals surface area contributed by atoms with Gasteiger partial charge in [0, 0.05) is 25.8 Å². The Morgan fingerprint density at radius 1 is 1.39 bits per heavy atom. The van der Waals surface area contributed by atoms with Gasteiger partial charge in [-0.15, -0.1) is 0 Å². The summed E-state index contributed by atoms with van der Waals surface area (Å²) < 4.78 is 0. The van der Waals surface area contributed by atoms with Gasteiger partial charge in [-0.05, 0) is 48.7 Å². The summed E-state index contributed by atoms with van der Waals surface area (Å²) in [6.07, 6.45) is 4.03. The molecule has 23 heavy (non-hydrogen) atoms. The summed E-state index contributed by atoms with van der Waals surface area (Å²) in [6, 6.07) is 11.7. The Morgan fingerprint density at radius 3 is 3.00 bits per heavy atom. The molecule has 0 aliphatic carbocycles. The number of carboxylic acid groups (broad SMARTS) is 1. The van der Waals surface area contributed by atoms with Crippen LogP contribution in [-0.2, 0) is 6.54 Å². The van der Waals surface area contributed by atoms with Gasteiger partial charge >= 0.3 is 5.97 Å². The van der Waals surface area contributed by atoms with Crippen LogP contribution < -0.4 is 5.32 Å². The Hall–Kier alpha value is -2.40. The number of nitrogens with one attached hydrogen (secondary N) is 1. The van der Waals surface area contributed by atoms with Crippen molar-refractivity contribution in [3.8, 4) is 0 Å². The molecule has 3 rings (SSSR count). The highest BCUT2D eigenvalue weighted by atomic mass is 16.4. The van der Waals surface area contributed by atoms with Crippen LogP contribution in [0.2, 0.25) is 0 Å². The number of hydrogen-bond donors (Lipinski definition) is 2. The van der Waals surface area contributed by atoms with E-state index in [1.54, 1.807) is 12.1 Å². The van der Waals surface area contributed by atoms with Crippen molar-refractivity contribution < 1.29 is 9.90 Å². The SMILES string of the molecule is CNc1cc([C@H]2CCCN2Cc2ccccc2C(=O)O)ccn1. The van der Waals surface area contributed by atoms with Crippen molar-refractivity contribution in [1.29, 1.82) is 0 Å². The molecule has 1 atom stereocenters. The Morgan fingerprint density at radius 2 is 2.22 bits per heavy atom. The maximum absolute atomic E-state index is 11.4. The summed E-state index contributed by atoms with van der Waals surface area (Å²) in [5.41, 5.74) is 2.49. The van der Waals surface area contributed by atoms with Crippen LogP contribution in [0.1, 0.15) is 40.4 Å². The fourth-order valence-corrected chi connectivity index (χ4v) is 3.27. The van der Waals surface area contributed by atoms with E-state index in [1.807, 2.05) is 31.4 Å². The first-order chi connectivity index (χ1) is 11.2. The maximum Gasteiger partial charge on any atom is 0.336 e. The molecule has 0 radical (unpaired) electrons. The van der Waals surface area contributed by atoms with Gasteiger partial charge in [-0.3, -0.25) is 4.90 Å². The third kappa shape index (κ3) is 3.35. The summed E-state index contributed by atoms with van der Waals surface area (Å²) in [4.78, 5) is 18.0. The largest absolute Gasteiger partial charge is 0.478 e. The number of rotatable bonds is 5. The number of pyridine rings is 1. The van der Waals surface area contributed by atoms with Crippen molar-refractivity contribution in [3.63, 3.8) is 0 Å². The topological polar surface area (TPSA) is 65.5 Å². The van der Waals surface area contributed by atoms with Gasteiger partial charge in [0.15, 0.2) is 0 Å². The van der Waals surface area contributed by atoms with E-state index in [2.05, 4.69) is 21.3 Å². The molecule has 120 valence electrons. The van der Waals surface area contributed by atoms with Crippen molar-refractivity contribution in [1.82, 2.24) is 9.88 Å². The zero-order valence-electron chi connectivity index (χ0n) is 13.2. The number of carboxylic acids is 1. The molecule has 0 spiro atoms. The van der Waals surface area contributed by atoms with Crippen LogP contribution in [0.5, 0.6) is 0 Å². The van der Waals surface area contributed by atoms with Crippen molar-refractivity contribution in [3.05, 3.63) is 59.3 Å². The Balaban J connectivity index is 1.84. The fraction of sp³-hybridized carbons (Fsp3) is 0.333. The molecular weight excluding hydrogens is 290 g/mol. The minimum atomic E-state index is -0.863. The quantitative estimate of drug-likeness (QED) is 0.888. The molecule has 2 heterocycles. The number of hydrogen-bond acceptors (Lipinski definition) is 4. The van der Waals surface area contributed by atoms with Crippen molar-refractivity contribution in [2.45, 2.75) is 25.4 Å². The Labute approximate surface area is 136 Å². The second-order valence-electron chi connectivity index (χ2n) is 5.82. The molecule has 1 aromatic carbocycles. The van der Waals surface area contributed by atoms with Crippen molar-refractivity contribution >= 4 is 11.8 Å². The standard InChI is InChI=1S/C18H21N3O2/c1-19-17-11-13(8-9-20-17)16-7-4-10-21(16)12-14-5-2-3-6-15(14)18(22)23/h2-3,5-6,8-9,11,16H,4,7,10,12H2,1H3,(H,19,20)(H,22,23)/t16-/m1/s1. The van der Waals surface area contributed by atoms with Crippen LogP contribution in [0.25, 0.3) is 0 Å². The van der Waals surface area contributed by atoms with E-state index in [1.165, 1.54) is 5.56 Å². The van der Waals surface area contributed by atoms with Crippen LogP contribution in [0.4, 0.5) is 5.82 Å². The lowest BCUT2D eigenvalue weighted by molar-refractivity contribution is 0.0694. The first-order valence-corrected chi connectivity index (χ1v) is 7.88. The van der Waals surface area contributed by atoms with Crippen LogP contribution in [0.15, 0.2) is 42.6 Å². The molecule has 0 unspecified atom stereocenters. The first kappa shape index (κ1) is 15.5. The summed E-state index contributed by atoms with van der Waals surface area (Å²) in [7, 11) is 1.86. The van der Waals surface area contributed by atoms with E-state index in [-0.39, 0.29) is 0 Å². The number of aromatic nitrogens is 1.